The third-order valence-electron chi connectivity index (χ3n) is 5.18. The number of nitrogens with zero attached hydrogens (tertiary/aromatic N) is 2. The van der Waals surface area contributed by atoms with Crippen LogP contribution in [0.3, 0.4) is 0 Å². The fourth-order valence-electron chi connectivity index (χ4n) is 3.84. The van der Waals surface area contributed by atoms with Crippen LogP contribution in [0.1, 0.15) is 16.7 Å². The van der Waals surface area contributed by atoms with Gasteiger partial charge in [-0.05, 0) is 30.7 Å². The highest BCUT2D eigenvalue weighted by Crippen LogP contribution is 2.42. The van der Waals surface area contributed by atoms with Gasteiger partial charge in [-0.3, -0.25) is 4.79 Å². The summed E-state index contributed by atoms with van der Waals surface area (Å²) in [6.45, 7) is 1.91. The van der Waals surface area contributed by atoms with E-state index in [-0.39, 0.29) is 34.0 Å². The molecule has 2 fully saturated rings. The molecule has 2 atom stereocenters. The van der Waals surface area contributed by atoms with Crippen LogP contribution >= 0.6 is 11.8 Å². The molecule has 2 unspecified atom stereocenters. The summed E-state index contributed by atoms with van der Waals surface area (Å²) in [5, 5.41) is -0.146. The Morgan fingerprint density at radius 2 is 1.90 bits per heavy atom. The fraction of sp³-hybridized carbons (Fsp3) is 0.333. The molecule has 2 aromatic rings. The number of halogens is 3. The minimum absolute atomic E-state index is 0.0514. The first-order valence-electron chi connectivity index (χ1n) is 9.52. The number of benzene rings is 2. The molecule has 10 heteroatoms. The number of carbonyl (C=O) groups excluding carboxylic acids is 1. The monoisotopic (exact) mass is 468 g/mol. The van der Waals surface area contributed by atoms with Gasteiger partial charge < -0.3 is 4.90 Å². The van der Waals surface area contributed by atoms with Gasteiger partial charge in [-0.1, -0.05) is 47.7 Å². The standard InChI is InChI=1S/C21H19F3N2O3S2/c1-13-4-2-5-14(8-13)9-19(27)25-20-26(17-11-31(28,29)12-18(17)30-20)16-7-3-6-15(10-16)21(22,23)24/h2-8,10,17-18H,9,11-12H2,1H3. The van der Waals surface area contributed by atoms with Crippen molar-refractivity contribution in [3.05, 3.63) is 65.2 Å². The van der Waals surface area contributed by atoms with Crippen molar-refractivity contribution in [3.8, 4) is 0 Å². The van der Waals surface area contributed by atoms with Gasteiger partial charge in [-0.2, -0.15) is 18.2 Å². The van der Waals surface area contributed by atoms with E-state index in [1.807, 2.05) is 25.1 Å². The van der Waals surface area contributed by atoms with E-state index in [1.54, 1.807) is 6.07 Å². The summed E-state index contributed by atoms with van der Waals surface area (Å²) >= 11 is 1.14. The van der Waals surface area contributed by atoms with E-state index in [2.05, 4.69) is 4.99 Å². The zero-order chi connectivity index (χ0) is 22.4. The van der Waals surface area contributed by atoms with Crippen LogP contribution in [0.15, 0.2) is 53.5 Å². The third kappa shape index (κ3) is 4.79. The number of carbonyl (C=O) groups is 1. The van der Waals surface area contributed by atoms with Crippen LogP contribution in [0.25, 0.3) is 0 Å². The number of fused-ring (bicyclic) bond motifs is 1. The Bertz CT molecular complexity index is 1160. The summed E-state index contributed by atoms with van der Waals surface area (Å²) in [5.41, 5.74) is 1.11. The quantitative estimate of drug-likeness (QED) is 0.685. The zero-order valence-corrected chi connectivity index (χ0v) is 18.1. The molecule has 2 saturated heterocycles. The molecular weight excluding hydrogens is 449 g/mol. The van der Waals surface area contributed by atoms with E-state index in [1.165, 1.54) is 17.0 Å². The summed E-state index contributed by atoms with van der Waals surface area (Å²) in [5.74, 6) is -0.720. The Labute approximate surface area is 182 Å². The Balaban J connectivity index is 1.68. The number of aliphatic imine (C=N–C) groups is 1. The number of thioether (sulfide) groups is 1. The van der Waals surface area contributed by atoms with E-state index in [9.17, 15) is 26.4 Å². The Morgan fingerprint density at radius 1 is 1.16 bits per heavy atom. The molecule has 31 heavy (non-hydrogen) atoms. The molecule has 4 rings (SSSR count). The van der Waals surface area contributed by atoms with Gasteiger partial charge in [0.25, 0.3) is 5.91 Å². The molecule has 0 N–H and O–H groups in total. The number of hydrogen-bond acceptors (Lipinski definition) is 4. The van der Waals surface area contributed by atoms with Crippen LogP contribution in [0.5, 0.6) is 0 Å². The van der Waals surface area contributed by atoms with E-state index in [4.69, 9.17) is 0 Å². The van der Waals surface area contributed by atoms with Gasteiger partial charge in [0.1, 0.15) is 0 Å². The van der Waals surface area contributed by atoms with Crippen molar-refractivity contribution in [3.63, 3.8) is 0 Å². The molecular formula is C21H19F3N2O3S2. The van der Waals surface area contributed by atoms with Gasteiger partial charge >= 0.3 is 6.18 Å². The van der Waals surface area contributed by atoms with E-state index >= 15 is 0 Å². The first-order chi connectivity index (χ1) is 14.5. The van der Waals surface area contributed by atoms with E-state index in [0.717, 1.165) is 35.0 Å². The van der Waals surface area contributed by atoms with Crippen molar-refractivity contribution in [2.24, 2.45) is 4.99 Å². The smallest absolute Gasteiger partial charge is 0.316 e. The average Bonchev–Trinajstić information content (AvgIpc) is 3.11. The lowest BCUT2D eigenvalue weighted by Gasteiger charge is -2.25. The SMILES string of the molecule is Cc1cccc(CC(=O)N=C2SC3CS(=O)(=O)CC3N2c2cccc(C(F)(F)F)c2)c1. The maximum Gasteiger partial charge on any atom is 0.416 e. The number of aryl methyl sites for hydroxylation is 1. The molecule has 0 saturated carbocycles. The van der Waals surface area contributed by atoms with E-state index < -0.39 is 33.5 Å². The predicted octanol–water partition coefficient (Wildman–Crippen LogP) is 3.86. The van der Waals surface area contributed by atoms with Crippen molar-refractivity contribution in [2.75, 3.05) is 16.4 Å². The van der Waals surface area contributed by atoms with Gasteiger partial charge in [0, 0.05) is 10.9 Å². The molecule has 1 amide bonds. The van der Waals surface area contributed by atoms with E-state index in [0.29, 0.717) is 0 Å². The van der Waals surface area contributed by atoms with Crippen LogP contribution in [-0.4, -0.2) is 42.3 Å². The predicted molar refractivity (Wildman–Crippen MR) is 115 cm³/mol. The maximum atomic E-state index is 13.2. The number of amides is 1. The molecule has 2 heterocycles. The molecule has 0 aromatic heterocycles. The van der Waals surface area contributed by atoms with Crippen molar-refractivity contribution in [1.29, 1.82) is 0 Å². The van der Waals surface area contributed by atoms with Crippen molar-refractivity contribution in [1.82, 2.24) is 0 Å². The molecule has 0 aliphatic carbocycles. The minimum Gasteiger partial charge on any atom is -0.316 e. The molecule has 2 aromatic carbocycles. The summed E-state index contributed by atoms with van der Waals surface area (Å²) in [6, 6.07) is 11.5. The van der Waals surface area contributed by atoms with Crippen LogP contribution < -0.4 is 4.90 Å². The topological polar surface area (TPSA) is 66.8 Å². The second-order valence-electron chi connectivity index (χ2n) is 7.67. The number of rotatable bonds is 3. The lowest BCUT2D eigenvalue weighted by Crippen LogP contribution is -2.38. The number of alkyl halides is 3. The number of hydrogen-bond donors (Lipinski definition) is 0. The lowest BCUT2D eigenvalue weighted by atomic mass is 10.1. The molecule has 0 spiro atoms. The molecule has 2 aliphatic rings. The highest BCUT2D eigenvalue weighted by Gasteiger charge is 2.49. The molecule has 5 nitrogen and oxygen atoms in total. The maximum absolute atomic E-state index is 13.2. The lowest BCUT2D eigenvalue weighted by molar-refractivity contribution is -0.137. The Morgan fingerprint density at radius 3 is 2.61 bits per heavy atom. The molecule has 0 bridgehead atoms. The fourth-order valence-corrected chi connectivity index (χ4v) is 7.77. The second-order valence-corrected chi connectivity index (χ2v) is 11.0. The minimum atomic E-state index is -4.54. The molecule has 2 aliphatic heterocycles. The van der Waals surface area contributed by atoms with Gasteiger partial charge in [0.05, 0.1) is 29.5 Å². The van der Waals surface area contributed by atoms with Crippen molar-refractivity contribution >= 4 is 38.4 Å². The first-order valence-corrected chi connectivity index (χ1v) is 12.2. The highest BCUT2D eigenvalue weighted by molar-refractivity contribution is 8.16. The first kappa shape index (κ1) is 21.9. The third-order valence-corrected chi connectivity index (χ3v) is 8.39. The average molecular weight is 469 g/mol. The zero-order valence-electron chi connectivity index (χ0n) is 16.5. The van der Waals surface area contributed by atoms with Crippen LogP contribution in [0.2, 0.25) is 0 Å². The summed E-state index contributed by atoms with van der Waals surface area (Å²) in [7, 11) is -3.31. The number of sulfone groups is 1. The summed E-state index contributed by atoms with van der Waals surface area (Å²) < 4.78 is 63.9. The molecule has 0 radical (unpaired) electrons. The van der Waals surface area contributed by atoms with Crippen molar-refractivity contribution in [2.45, 2.75) is 30.8 Å². The van der Waals surface area contributed by atoms with Gasteiger partial charge in [0.2, 0.25) is 0 Å². The van der Waals surface area contributed by atoms with Gasteiger partial charge in [-0.25, -0.2) is 8.42 Å². The number of anilines is 1. The van der Waals surface area contributed by atoms with Crippen LogP contribution in [-0.2, 0) is 27.2 Å². The highest BCUT2D eigenvalue weighted by atomic mass is 32.2. The Hall–Kier alpha value is -2.33. The molecule has 164 valence electrons. The van der Waals surface area contributed by atoms with Crippen LogP contribution in [0.4, 0.5) is 18.9 Å². The number of amidine groups is 1. The summed E-state index contributed by atoms with van der Waals surface area (Å²) in [4.78, 5) is 18.3. The Kier molecular flexibility index (Phi) is 5.63. The van der Waals surface area contributed by atoms with Crippen LogP contribution in [0, 0.1) is 6.92 Å². The van der Waals surface area contributed by atoms with Crippen molar-refractivity contribution < 1.29 is 26.4 Å². The van der Waals surface area contributed by atoms with Gasteiger partial charge in [0.15, 0.2) is 15.0 Å². The largest absolute Gasteiger partial charge is 0.416 e. The second kappa shape index (κ2) is 7.98. The van der Waals surface area contributed by atoms with Gasteiger partial charge in [-0.15, -0.1) is 0 Å². The summed E-state index contributed by atoms with van der Waals surface area (Å²) in [6.07, 6.45) is -4.49. The normalized spacial score (nSPS) is 23.9.